The van der Waals surface area contributed by atoms with Crippen LogP contribution in [0.5, 0.6) is 23.0 Å². The van der Waals surface area contributed by atoms with E-state index < -0.39 is 19.7 Å². The number of rotatable bonds is 8. The summed E-state index contributed by atoms with van der Waals surface area (Å²) in [6.45, 7) is 5.89. The van der Waals surface area contributed by atoms with Crippen molar-refractivity contribution >= 4 is 19.7 Å². The molecule has 0 N–H and O–H groups in total. The molecule has 0 atom stereocenters. The van der Waals surface area contributed by atoms with Gasteiger partial charge in [-0.25, -0.2) is 16.8 Å². The first-order valence-corrected chi connectivity index (χ1v) is 17.8. The highest BCUT2D eigenvalue weighted by atomic mass is 32.2. The predicted molar refractivity (Wildman–Crippen MR) is 184 cm³/mol. The maximum absolute atomic E-state index is 12.9. The molecule has 47 heavy (non-hydrogen) atoms. The smallest absolute Gasteiger partial charge is 0.206 e. The van der Waals surface area contributed by atoms with Crippen LogP contribution in [0.15, 0.2) is 171 Å². The zero-order valence-electron chi connectivity index (χ0n) is 26.2. The zero-order valence-corrected chi connectivity index (χ0v) is 27.8. The molecule has 0 bridgehead atoms. The van der Waals surface area contributed by atoms with Crippen LogP contribution in [0.2, 0.25) is 0 Å². The van der Waals surface area contributed by atoms with E-state index in [1.807, 2.05) is 32.0 Å². The van der Waals surface area contributed by atoms with E-state index in [1.54, 1.807) is 97.1 Å². The van der Waals surface area contributed by atoms with Gasteiger partial charge in [0.05, 0.1) is 19.6 Å². The number of aryl methyl sites for hydroxylation is 3. The third kappa shape index (κ3) is 8.55. The lowest BCUT2D eigenvalue weighted by Crippen LogP contribution is -2.01. The molecule has 0 heterocycles. The molecule has 6 aromatic carbocycles. The van der Waals surface area contributed by atoms with Gasteiger partial charge in [-0.05, 0) is 118 Å². The van der Waals surface area contributed by atoms with Crippen LogP contribution < -0.4 is 9.47 Å². The van der Waals surface area contributed by atoms with Crippen LogP contribution in [-0.2, 0) is 19.7 Å². The van der Waals surface area contributed by atoms with Gasteiger partial charge in [0.25, 0.3) is 0 Å². The van der Waals surface area contributed by atoms with E-state index in [9.17, 15) is 16.8 Å². The highest BCUT2D eigenvalue weighted by molar-refractivity contribution is 7.91. The summed E-state index contributed by atoms with van der Waals surface area (Å²) >= 11 is 0. The van der Waals surface area contributed by atoms with Gasteiger partial charge in [0.15, 0.2) is 0 Å². The number of sulfone groups is 2. The fraction of sp³-hybridized carbons (Fsp3) is 0.0769. The molecule has 0 unspecified atom stereocenters. The molecule has 6 rings (SSSR count). The molecule has 6 nitrogen and oxygen atoms in total. The fourth-order valence-corrected chi connectivity index (χ4v) is 6.98. The van der Waals surface area contributed by atoms with E-state index in [2.05, 4.69) is 19.1 Å². The van der Waals surface area contributed by atoms with Crippen LogP contribution in [0.1, 0.15) is 16.7 Å². The van der Waals surface area contributed by atoms with Crippen molar-refractivity contribution < 1.29 is 26.3 Å². The minimum Gasteiger partial charge on any atom is -0.457 e. The monoisotopic (exact) mass is 662 g/mol. The third-order valence-corrected chi connectivity index (χ3v) is 10.7. The SMILES string of the molecule is Cc1ccc(S(=O)(=O)c2ccc(Oc3ccc(Oc4ccc(S(=O)(=O)c5ccc(C)cc5)cc4)cc3)cc2)cc1.Cc1ccccc1. The number of hydrogen-bond donors (Lipinski definition) is 0. The van der Waals surface area contributed by atoms with Crippen LogP contribution in [0.3, 0.4) is 0 Å². The lowest BCUT2D eigenvalue weighted by atomic mass is 10.2. The number of ether oxygens (including phenoxy) is 2. The Morgan fingerprint density at radius 2 is 0.553 bits per heavy atom. The lowest BCUT2D eigenvalue weighted by Gasteiger charge is -2.10. The largest absolute Gasteiger partial charge is 0.457 e. The Bertz CT molecular complexity index is 1980. The second-order valence-corrected chi connectivity index (χ2v) is 14.8. The summed E-state index contributed by atoms with van der Waals surface area (Å²) in [4.78, 5) is 0.852. The summed E-state index contributed by atoms with van der Waals surface area (Å²) in [5.74, 6) is 2.06. The van der Waals surface area contributed by atoms with Gasteiger partial charge < -0.3 is 9.47 Å². The van der Waals surface area contributed by atoms with Crippen LogP contribution >= 0.6 is 0 Å². The van der Waals surface area contributed by atoms with E-state index in [0.29, 0.717) is 23.0 Å². The van der Waals surface area contributed by atoms with Crippen molar-refractivity contribution in [3.05, 3.63) is 168 Å². The van der Waals surface area contributed by atoms with E-state index >= 15 is 0 Å². The summed E-state index contributed by atoms with van der Waals surface area (Å²) in [5.41, 5.74) is 3.30. The number of benzene rings is 6. The van der Waals surface area contributed by atoms with Gasteiger partial charge in [-0.1, -0.05) is 71.3 Å². The molecule has 0 aliphatic carbocycles. The van der Waals surface area contributed by atoms with Crippen LogP contribution in [0.4, 0.5) is 0 Å². The normalized spacial score (nSPS) is 11.2. The first-order chi connectivity index (χ1) is 22.5. The van der Waals surface area contributed by atoms with E-state index in [1.165, 1.54) is 29.8 Å². The summed E-state index contributed by atoms with van der Waals surface area (Å²) in [6, 6.07) is 43.1. The molecule has 0 aliphatic rings. The molecule has 0 aromatic heterocycles. The van der Waals surface area contributed by atoms with Crippen molar-refractivity contribution in [1.29, 1.82) is 0 Å². The molecular weight excluding hydrogens is 629 g/mol. The second kappa shape index (κ2) is 14.5. The Balaban J connectivity index is 0.000000549. The summed E-state index contributed by atoms with van der Waals surface area (Å²) in [5, 5.41) is 0. The standard InChI is InChI=1S/C32H26O6S2.C7H8/c1-23-3-15-29(16-4-23)39(33,34)31-19-11-27(12-20-31)37-25-7-9-26(10-8-25)38-28-13-21-32(22-14-28)40(35,36)30-17-5-24(2)6-18-30;1-7-5-3-2-4-6-7/h3-22H,1-2H3;2-6H,1H3. The Kier molecular flexibility index (Phi) is 10.2. The molecule has 0 fully saturated rings. The van der Waals surface area contributed by atoms with Crippen LogP contribution in [0, 0.1) is 20.8 Å². The minimum atomic E-state index is -3.61. The molecule has 8 heteroatoms. The summed E-state index contributed by atoms with van der Waals surface area (Å²) in [7, 11) is -7.23. The second-order valence-electron chi connectivity index (χ2n) is 10.9. The molecule has 0 saturated carbocycles. The quantitative estimate of drug-likeness (QED) is 0.161. The number of hydrogen-bond acceptors (Lipinski definition) is 6. The van der Waals surface area contributed by atoms with Gasteiger partial charge in [0, 0.05) is 0 Å². The van der Waals surface area contributed by atoms with Crippen molar-refractivity contribution in [2.45, 2.75) is 40.4 Å². The summed E-state index contributed by atoms with van der Waals surface area (Å²) < 4.78 is 63.2. The molecule has 0 saturated heterocycles. The molecule has 0 spiro atoms. The Labute approximate surface area is 276 Å². The van der Waals surface area contributed by atoms with Crippen molar-refractivity contribution in [2.75, 3.05) is 0 Å². The third-order valence-electron chi connectivity index (χ3n) is 7.17. The van der Waals surface area contributed by atoms with Gasteiger partial charge in [-0.2, -0.15) is 0 Å². The Morgan fingerprint density at radius 1 is 0.319 bits per heavy atom. The molecule has 238 valence electrons. The highest BCUT2D eigenvalue weighted by Crippen LogP contribution is 2.30. The predicted octanol–water partition coefficient (Wildman–Crippen LogP) is 9.55. The Hall–Kier alpha value is -5.18. The van der Waals surface area contributed by atoms with Gasteiger partial charge in [0.2, 0.25) is 19.7 Å². The van der Waals surface area contributed by atoms with Crippen molar-refractivity contribution in [3.63, 3.8) is 0 Å². The van der Waals surface area contributed by atoms with Crippen molar-refractivity contribution in [2.24, 2.45) is 0 Å². The molecule has 0 amide bonds. The van der Waals surface area contributed by atoms with Crippen molar-refractivity contribution in [3.8, 4) is 23.0 Å². The Morgan fingerprint density at radius 3 is 0.809 bits per heavy atom. The van der Waals surface area contributed by atoms with E-state index in [-0.39, 0.29) is 19.6 Å². The molecule has 0 radical (unpaired) electrons. The van der Waals surface area contributed by atoms with Gasteiger partial charge in [-0.3, -0.25) is 0 Å². The van der Waals surface area contributed by atoms with Crippen LogP contribution in [-0.4, -0.2) is 16.8 Å². The first-order valence-electron chi connectivity index (χ1n) is 14.8. The van der Waals surface area contributed by atoms with Gasteiger partial charge >= 0.3 is 0 Å². The topological polar surface area (TPSA) is 86.7 Å². The molecular formula is C39H34O6S2. The fourth-order valence-electron chi connectivity index (χ4n) is 4.46. The maximum atomic E-state index is 12.9. The molecule has 6 aromatic rings. The lowest BCUT2D eigenvalue weighted by molar-refractivity contribution is 0.469. The van der Waals surface area contributed by atoms with E-state index in [4.69, 9.17) is 9.47 Å². The van der Waals surface area contributed by atoms with E-state index in [0.717, 1.165) is 11.1 Å². The highest BCUT2D eigenvalue weighted by Gasteiger charge is 2.18. The summed E-state index contributed by atoms with van der Waals surface area (Å²) in [6.07, 6.45) is 0. The molecule has 0 aliphatic heterocycles. The van der Waals surface area contributed by atoms with Gasteiger partial charge in [0.1, 0.15) is 23.0 Å². The van der Waals surface area contributed by atoms with Crippen molar-refractivity contribution in [1.82, 2.24) is 0 Å². The zero-order chi connectivity index (χ0) is 33.4. The first kappa shape index (κ1) is 33.2. The van der Waals surface area contributed by atoms with Gasteiger partial charge in [-0.15, -0.1) is 0 Å². The average Bonchev–Trinajstić information content (AvgIpc) is 3.07. The maximum Gasteiger partial charge on any atom is 0.206 e. The minimum absolute atomic E-state index is 0.185. The van der Waals surface area contributed by atoms with Crippen LogP contribution in [0.25, 0.3) is 0 Å². The average molecular weight is 663 g/mol.